The van der Waals surface area contributed by atoms with Crippen LogP contribution in [0, 0.1) is 0 Å². The molecule has 0 bridgehead atoms. The summed E-state index contributed by atoms with van der Waals surface area (Å²) < 4.78 is 7.06. The van der Waals surface area contributed by atoms with E-state index in [-0.39, 0.29) is 17.5 Å². The zero-order chi connectivity index (χ0) is 22.0. The molecule has 0 radical (unpaired) electrons. The molecular formula is C23H24ClN3O3S. The van der Waals surface area contributed by atoms with E-state index in [0.29, 0.717) is 47.4 Å². The number of nitrogens with zero attached hydrogens (tertiary/aromatic N) is 3. The SMILES string of the molecule is CC(C)n1c(SC(C(=O)N2CCOCC2)c2ccccc2)nc2cc(Cl)ccc2c1=O. The van der Waals surface area contributed by atoms with Crippen molar-refractivity contribution in [2.75, 3.05) is 26.3 Å². The summed E-state index contributed by atoms with van der Waals surface area (Å²) in [7, 11) is 0. The lowest BCUT2D eigenvalue weighted by molar-refractivity contribution is -0.134. The maximum absolute atomic E-state index is 13.5. The number of halogens is 1. The molecule has 1 amide bonds. The van der Waals surface area contributed by atoms with Gasteiger partial charge in [-0.05, 0) is 37.6 Å². The second-order valence-electron chi connectivity index (χ2n) is 7.67. The van der Waals surface area contributed by atoms with Crippen LogP contribution in [0.25, 0.3) is 10.9 Å². The van der Waals surface area contributed by atoms with E-state index in [1.54, 1.807) is 22.8 Å². The highest BCUT2D eigenvalue weighted by Crippen LogP contribution is 2.37. The average molecular weight is 458 g/mol. The second kappa shape index (κ2) is 9.42. The second-order valence-corrected chi connectivity index (χ2v) is 9.18. The lowest BCUT2D eigenvalue weighted by atomic mass is 10.1. The Morgan fingerprint density at radius 1 is 1.13 bits per heavy atom. The van der Waals surface area contributed by atoms with Crippen molar-refractivity contribution in [3.8, 4) is 0 Å². The van der Waals surface area contributed by atoms with Crippen molar-refractivity contribution in [1.29, 1.82) is 0 Å². The predicted octanol–water partition coefficient (Wildman–Crippen LogP) is 4.32. The van der Waals surface area contributed by atoms with Gasteiger partial charge in [0.05, 0.1) is 24.1 Å². The molecule has 0 aliphatic carbocycles. The third-order valence-corrected chi connectivity index (χ3v) is 6.66. The Labute approximate surface area is 190 Å². The molecule has 1 fully saturated rings. The van der Waals surface area contributed by atoms with Crippen LogP contribution in [0.4, 0.5) is 0 Å². The first kappa shape index (κ1) is 21.9. The molecule has 2 heterocycles. The number of aromatic nitrogens is 2. The minimum absolute atomic E-state index is 0.00440. The predicted molar refractivity (Wildman–Crippen MR) is 124 cm³/mol. The number of carbonyl (C=O) groups excluding carboxylic acids is 1. The van der Waals surface area contributed by atoms with E-state index >= 15 is 0 Å². The first-order valence-corrected chi connectivity index (χ1v) is 11.5. The smallest absolute Gasteiger partial charge is 0.262 e. The van der Waals surface area contributed by atoms with E-state index in [1.807, 2.05) is 49.1 Å². The lowest BCUT2D eigenvalue weighted by Crippen LogP contribution is -2.42. The minimum atomic E-state index is -0.521. The van der Waals surface area contributed by atoms with Gasteiger partial charge in [0.1, 0.15) is 5.25 Å². The molecule has 162 valence electrons. The highest BCUT2D eigenvalue weighted by Gasteiger charge is 2.30. The quantitative estimate of drug-likeness (QED) is 0.421. The number of benzene rings is 2. The van der Waals surface area contributed by atoms with Crippen LogP contribution in [0.15, 0.2) is 58.5 Å². The van der Waals surface area contributed by atoms with E-state index in [2.05, 4.69) is 0 Å². The van der Waals surface area contributed by atoms with Gasteiger partial charge in [-0.15, -0.1) is 0 Å². The fourth-order valence-electron chi connectivity index (χ4n) is 3.63. The molecule has 0 spiro atoms. The van der Waals surface area contributed by atoms with Crippen LogP contribution in [0.5, 0.6) is 0 Å². The molecule has 0 N–H and O–H groups in total. The Kier molecular flexibility index (Phi) is 6.65. The first-order chi connectivity index (χ1) is 15.0. The van der Waals surface area contributed by atoms with Crippen molar-refractivity contribution in [1.82, 2.24) is 14.5 Å². The summed E-state index contributed by atoms with van der Waals surface area (Å²) in [6.45, 7) is 6.05. The van der Waals surface area contributed by atoms with E-state index in [1.165, 1.54) is 11.8 Å². The van der Waals surface area contributed by atoms with E-state index in [9.17, 15) is 9.59 Å². The first-order valence-electron chi connectivity index (χ1n) is 10.3. The van der Waals surface area contributed by atoms with Crippen molar-refractivity contribution in [3.05, 3.63) is 69.5 Å². The molecule has 0 saturated carbocycles. The Morgan fingerprint density at radius 2 is 1.84 bits per heavy atom. The molecule has 1 aliphatic heterocycles. The fraction of sp³-hybridized carbons (Fsp3) is 0.348. The van der Waals surface area contributed by atoms with E-state index in [0.717, 1.165) is 5.56 Å². The van der Waals surface area contributed by atoms with Gasteiger partial charge in [-0.2, -0.15) is 0 Å². The molecule has 1 saturated heterocycles. The summed E-state index contributed by atoms with van der Waals surface area (Å²) in [6.07, 6.45) is 0. The molecule has 4 rings (SSSR count). The normalized spacial score (nSPS) is 15.4. The van der Waals surface area contributed by atoms with Crippen LogP contribution in [0.3, 0.4) is 0 Å². The van der Waals surface area contributed by atoms with Crippen molar-refractivity contribution >= 4 is 40.2 Å². The van der Waals surface area contributed by atoms with Crippen molar-refractivity contribution in [3.63, 3.8) is 0 Å². The zero-order valence-electron chi connectivity index (χ0n) is 17.5. The molecular weight excluding hydrogens is 434 g/mol. The summed E-state index contributed by atoms with van der Waals surface area (Å²) in [6, 6.07) is 14.6. The summed E-state index contributed by atoms with van der Waals surface area (Å²) in [4.78, 5) is 33.3. The fourth-order valence-corrected chi connectivity index (χ4v) is 5.11. The Balaban J connectivity index is 1.81. The molecule has 1 aliphatic rings. The maximum Gasteiger partial charge on any atom is 0.262 e. The molecule has 3 aromatic rings. The summed E-state index contributed by atoms with van der Waals surface area (Å²) in [5.41, 5.74) is 1.27. The van der Waals surface area contributed by atoms with Gasteiger partial charge in [0, 0.05) is 24.2 Å². The standard InChI is InChI=1S/C23H24ClN3O3S/c1-15(2)27-21(28)18-9-8-17(24)14-19(18)25-23(27)31-20(16-6-4-3-5-7-16)22(29)26-10-12-30-13-11-26/h3-9,14-15,20H,10-13H2,1-2H3. The molecule has 1 unspecified atom stereocenters. The third kappa shape index (κ3) is 4.63. The highest BCUT2D eigenvalue weighted by atomic mass is 35.5. The van der Waals surface area contributed by atoms with Crippen molar-refractivity contribution in [2.45, 2.75) is 30.3 Å². The summed E-state index contributed by atoms with van der Waals surface area (Å²) >= 11 is 7.46. The van der Waals surface area contributed by atoms with Crippen LogP contribution in [0.1, 0.15) is 30.7 Å². The maximum atomic E-state index is 13.5. The molecule has 6 nitrogen and oxygen atoms in total. The Hall–Kier alpha value is -2.35. The van der Waals surface area contributed by atoms with Crippen LogP contribution in [-0.2, 0) is 9.53 Å². The number of hydrogen-bond acceptors (Lipinski definition) is 5. The van der Waals surface area contributed by atoms with Gasteiger partial charge in [0.25, 0.3) is 5.56 Å². The van der Waals surface area contributed by atoms with Crippen LogP contribution in [0.2, 0.25) is 5.02 Å². The van der Waals surface area contributed by atoms with Crippen LogP contribution >= 0.6 is 23.4 Å². The number of amides is 1. The number of ether oxygens (including phenoxy) is 1. The van der Waals surface area contributed by atoms with Gasteiger partial charge in [0.2, 0.25) is 5.91 Å². The molecule has 2 aromatic carbocycles. The Morgan fingerprint density at radius 3 is 2.52 bits per heavy atom. The van der Waals surface area contributed by atoms with Crippen LogP contribution in [-0.4, -0.2) is 46.7 Å². The number of fused-ring (bicyclic) bond motifs is 1. The van der Waals surface area contributed by atoms with Gasteiger partial charge in [-0.3, -0.25) is 14.2 Å². The highest BCUT2D eigenvalue weighted by molar-refractivity contribution is 8.00. The topological polar surface area (TPSA) is 64.4 Å². The number of rotatable bonds is 5. The lowest BCUT2D eigenvalue weighted by Gasteiger charge is -2.30. The molecule has 1 aromatic heterocycles. The Bertz CT molecular complexity index is 1140. The van der Waals surface area contributed by atoms with E-state index in [4.69, 9.17) is 21.3 Å². The molecule has 31 heavy (non-hydrogen) atoms. The summed E-state index contributed by atoms with van der Waals surface area (Å²) in [5.74, 6) is -0.00440. The zero-order valence-corrected chi connectivity index (χ0v) is 19.0. The largest absolute Gasteiger partial charge is 0.378 e. The summed E-state index contributed by atoms with van der Waals surface area (Å²) in [5, 5.41) is 1.01. The molecule has 8 heteroatoms. The van der Waals surface area contributed by atoms with Gasteiger partial charge in [-0.25, -0.2) is 4.98 Å². The number of carbonyl (C=O) groups is 1. The minimum Gasteiger partial charge on any atom is -0.378 e. The van der Waals surface area contributed by atoms with Crippen LogP contribution < -0.4 is 5.56 Å². The monoisotopic (exact) mass is 457 g/mol. The average Bonchev–Trinajstić information content (AvgIpc) is 2.77. The number of morpholine rings is 1. The number of hydrogen-bond donors (Lipinski definition) is 0. The molecule has 1 atom stereocenters. The third-order valence-electron chi connectivity index (χ3n) is 5.22. The van der Waals surface area contributed by atoms with Gasteiger partial charge < -0.3 is 9.64 Å². The number of thioether (sulfide) groups is 1. The van der Waals surface area contributed by atoms with Gasteiger partial charge in [-0.1, -0.05) is 53.7 Å². The van der Waals surface area contributed by atoms with Crippen molar-refractivity contribution < 1.29 is 9.53 Å². The van der Waals surface area contributed by atoms with Gasteiger partial charge >= 0.3 is 0 Å². The van der Waals surface area contributed by atoms with Gasteiger partial charge in [0.15, 0.2) is 5.16 Å². The van der Waals surface area contributed by atoms with Crippen molar-refractivity contribution in [2.24, 2.45) is 0 Å². The van der Waals surface area contributed by atoms with E-state index < -0.39 is 5.25 Å².